The topological polar surface area (TPSA) is 41.2 Å². The Morgan fingerprint density at radius 3 is 2.25 bits per heavy atom. The van der Waals surface area contributed by atoms with Gasteiger partial charge in [0.2, 0.25) is 11.7 Å². The summed E-state index contributed by atoms with van der Waals surface area (Å²) in [5, 5.41) is 0. The first-order valence-corrected chi connectivity index (χ1v) is 10.9. The second-order valence-corrected chi connectivity index (χ2v) is 7.95. The first-order chi connectivity index (χ1) is 13.4. The van der Waals surface area contributed by atoms with Gasteiger partial charge in [-0.15, -0.1) is 0 Å². The molecule has 0 amide bonds. The smallest absolute Gasteiger partial charge is 0.249 e. The number of hydrogen-bond donors (Lipinski definition) is 1. The van der Waals surface area contributed by atoms with E-state index in [1.54, 1.807) is 24.6 Å². The van der Waals surface area contributed by atoms with Crippen LogP contribution < -0.4 is 0 Å². The van der Waals surface area contributed by atoms with Crippen molar-refractivity contribution in [3.8, 4) is 0 Å². The average molecular weight is 393 g/mol. The molecule has 1 aromatic rings. The highest BCUT2D eigenvalue weighted by atomic mass is 15.3. The zero-order valence-electron chi connectivity index (χ0n) is 19.4. The van der Waals surface area contributed by atoms with Crippen LogP contribution in [0.4, 0.5) is 0 Å². The van der Waals surface area contributed by atoms with E-state index in [0.29, 0.717) is 0 Å². The van der Waals surface area contributed by atoms with E-state index in [1.165, 1.54) is 64.1 Å². The van der Waals surface area contributed by atoms with Crippen LogP contribution in [0.1, 0.15) is 52.9 Å². The Morgan fingerprint density at radius 1 is 1.11 bits per heavy atom. The van der Waals surface area contributed by atoms with E-state index in [0.717, 1.165) is 5.92 Å². The van der Waals surface area contributed by atoms with Gasteiger partial charge in [-0.1, -0.05) is 26.7 Å². The van der Waals surface area contributed by atoms with Gasteiger partial charge >= 0.3 is 0 Å². The van der Waals surface area contributed by atoms with Crippen LogP contribution in [0.2, 0.25) is 0 Å². The van der Waals surface area contributed by atoms with E-state index >= 15 is 0 Å². The van der Waals surface area contributed by atoms with E-state index in [4.69, 9.17) is 0 Å². The van der Waals surface area contributed by atoms with Crippen molar-refractivity contribution in [3.05, 3.63) is 18.7 Å². The number of hydrogen-bond acceptors (Lipinski definition) is 3. The molecule has 0 spiro atoms. The molecule has 160 valence electrons. The summed E-state index contributed by atoms with van der Waals surface area (Å²) in [4.78, 5) is 11.1. The number of unbranched alkanes of at least 4 members (excludes halogenated alkanes) is 1. The molecule has 1 N–H and O–H groups in total. The molecule has 6 heteroatoms. The van der Waals surface area contributed by atoms with Gasteiger partial charge in [0.25, 0.3) is 0 Å². The van der Waals surface area contributed by atoms with Gasteiger partial charge in [-0.3, -0.25) is 19.0 Å². The summed E-state index contributed by atoms with van der Waals surface area (Å²) < 4.78 is 4.73. The SMILES string of the molecule is CC1=[N+](C)CCCN1C.CCCCC(CC)C1=[N+](C)CCN1C.c1c[nH]cn1. The van der Waals surface area contributed by atoms with Crippen molar-refractivity contribution < 1.29 is 9.15 Å². The molecular weight excluding hydrogens is 348 g/mol. The first kappa shape index (κ1) is 24.2. The summed E-state index contributed by atoms with van der Waals surface area (Å²) in [7, 11) is 8.75. The summed E-state index contributed by atoms with van der Waals surface area (Å²) >= 11 is 0. The fourth-order valence-corrected chi connectivity index (χ4v) is 3.79. The minimum Gasteiger partial charge on any atom is -0.351 e. The average Bonchev–Trinajstić information content (AvgIpc) is 3.36. The van der Waals surface area contributed by atoms with Crippen molar-refractivity contribution in [3.63, 3.8) is 0 Å². The number of aromatic nitrogens is 2. The third-order valence-corrected chi connectivity index (χ3v) is 5.81. The summed E-state index contributed by atoms with van der Waals surface area (Å²) in [6.07, 6.45) is 11.7. The lowest BCUT2D eigenvalue weighted by atomic mass is 9.97. The van der Waals surface area contributed by atoms with Crippen molar-refractivity contribution in [2.24, 2.45) is 5.92 Å². The van der Waals surface area contributed by atoms with Gasteiger partial charge in [-0.05, 0) is 12.8 Å². The second kappa shape index (κ2) is 13.3. The minimum absolute atomic E-state index is 0.785. The van der Waals surface area contributed by atoms with Crippen LogP contribution in [0.15, 0.2) is 18.7 Å². The number of nitrogens with one attached hydrogen (secondary N) is 1. The molecule has 3 heterocycles. The Labute approximate surface area is 173 Å². The number of aromatic amines is 1. The summed E-state index contributed by atoms with van der Waals surface area (Å²) in [6.45, 7) is 11.6. The zero-order valence-corrected chi connectivity index (χ0v) is 19.4. The lowest BCUT2D eigenvalue weighted by molar-refractivity contribution is -0.508. The summed E-state index contributed by atoms with van der Waals surface area (Å²) in [5.41, 5.74) is 0. The molecule has 6 nitrogen and oxygen atoms in total. The van der Waals surface area contributed by atoms with Crippen molar-refractivity contribution >= 4 is 11.7 Å². The van der Waals surface area contributed by atoms with Crippen molar-refractivity contribution in [1.29, 1.82) is 0 Å². The second-order valence-electron chi connectivity index (χ2n) is 7.95. The van der Waals surface area contributed by atoms with Crippen molar-refractivity contribution in [1.82, 2.24) is 19.8 Å². The van der Waals surface area contributed by atoms with Crippen molar-refractivity contribution in [2.75, 3.05) is 54.4 Å². The molecule has 0 radical (unpaired) electrons. The summed E-state index contributed by atoms with van der Waals surface area (Å²) in [5.74, 6) is 3.75. The fraction of sp³-hybridized carbons (Fsp3) is 0.773. The highest BCUT2D eigenvalue weighted by Gasteiger charge is 2.30. The Balaban J connectivity index is 0.000000237. The van der Waals surface area contributed by atoms with E-state index in [1.807, 2.05) is 0 Å². The predicted molar refractivity (Wildman–Crippen MR) is 120 cm³/mol. The molecule has 0 saturated carbocycles. The quantitative estimate of drug-likeness (QED) is 0.783. The van der Waals surface area contributed by atoms with E-state index in [-0.39, 0.29) is 0 Å². The Hall–Kier alpha value is -1.85. The zero-order chi connectivity index (χ0) is 20.9. The number of likely N-dealkylation sites (N-methyl/N-ethyl adjacent to an activating group) is 2. The lowest BCUT2D eigenvalue weighted by Crippen LogP contribution is -2.38. The normalized spacial score (nSPS) is 17.8. The van der Waals surface area contributed by atoms with Crippen LogP contribution in [0.5, 0.6) is 0 Å². The molecule has 0 fully saturated rings. The monoisotopic (exact) mass is 392 g/mol. The largest absolute Gasteiger partial charge is 0.351 e. The molecule has 0 aliphatic carbocycles. The molecule has 3 rings (SSSR count). The third-order valence-electron chi connectivity index (χ3n) is 5.81. The molecule has 1 unspecified atom stereocenters. The number of amidine groups is 2. The molecular formula is C22H44N6+2. The molecule has 0 saturated heterocycles. The van der Waals surface area contributed by atoms with Crippen LogP contribution in [0, 0.1) is 5.92 Å². The number of H-pyrrole nitrogens is 1. The van der Waals surface area contributed by atoms with E-state index in [2.05, 4.69) is 77.9 Å². The van der Waals surface area contributed by atoms with Gasteiger partial charge in [-0.25, -0.2) is 4.98 Å². The van der Waals surface area contributed by atoms with Gasteiger partial charge in [0.15, 0.2) is 0 Å². The Bertz CT molecular complexity index is 573. The minimum atomic E-state index is 0.785. The molecule has 2 aliphatic rings. The Kier molecular flexibility index (Phi) is 11.5. The number of nitrogens with zero attached hydrogens (tertiary/aromatic N) is 5. The van der Waals surface area contributed by atoms with Crippen LogP contribution in [-0.2, 0) is 0 Å². The van der Waals surface area contributed by atoms with Crippen LogP contribution in [-0.4, -0.2) is 95.0 Å². The van der Waals surface area contributed by atoms with Crippen LogP contribution in [0.25, 0.3) is 0 Å². The molecule has 1 atom stereocenters. The molecule has 0 bridgehead atoms. The number of imidazole rings is 1. The van der Waals surface area contributed by atoms with Gasteiger partial charge in [0.1, 0.15) is 13.1 Å². The van der Waals surface area contributed by atoms with Crippen LogP contribution in [0.3, 0.4) is 0 Å². The molecule has 28 heavy (non-hydrogen) atoms. The van der Waals surface area contributed by atoms with Crippen molar-refractivity contribution in [2.45, 2.75) is 52.9 Å². The maximum Gasteiger partial charge on any atom is 0.249 e. The van der Waals surface area contributed by atoms with Gasteiger partial charge in [0, 0.05) is 25.7 Å². The highest BCUT2D eigenvalue weighted by molar-refractivity contribution is 5.80. The maximum atomic E-state index is 3.67. The maximum absolute atomic E-state index is 3.67. The molecule has 1 aromatic heterocycles. The van der Waals surface area contributed by atoms with Gasteiger partial charge in [-0.2, -0.15) is 0 Å². The fourth-order valence-electron chi connectivity index (χ4n) is 3.79. The van der Waals surface area contributed by atoms with Gasteiger partial charge in [0.05, 0.1) is 53.5 Å². The Morgan fingerprint density at radius 2 is 1.86 bits per heavy atom. The van der Waals surface area contributed by atoms with Gasteiger partial charge < -0.3 is 4.98 Å². The number of rotatable bonds is 5. The molecule has 0 aromatic carbocycles. The van der Waals surface area contributed by atoms with E-state index < -0.39 is 0 Å². The molecule has 2 aliphatic heterocycles. The lowest BCUT2D eigenvalue weighted by Gasteiger charge is -2.19. The highest BCUT2D eigenvalue weighted by Crippen LogP contribution is 2.18. The summed E-state index contributed by atoms with van der Waals surface area (Å²) in [6, 6.07) is 0. The first-order valence-electron chi connectivity index (χ1n) is 10.9. The standard InChI is InChI=1S/C12H25N2.C7H15N2.C3H4N2/c1-5-7-8-11(6-2)12-13(3)9-10-14(12)4;1-7-8(2)5-4-6-9(7)3;1-2-5-3-4-1/h11H,5-10H2,1-4H3;4-6H2,1-3H3;1-3H,(H,4,5)/q2*+1;. The van der Waals surface area contributed by atoms with Crippen LogP contribution >= 0.6 is 0 Å². The predicted octanol–water partition coefficient (Wildman–Crippen LogP) is 2.98. The third kappa shape index (κ3) is 8.03. The van der Waals surface area contributed by atoms with E-state index in [9.17, 15) is 0 Å².